The molecule has 0 atom stereocenters. The second kappa shape index (κ2) is 6.51. The van der Waals surface area contributed by atoms with Gasteiger partial charge in [0.1, 0.15) is 0 Å². The van der Waals surface area contributed by atoms with Crippen LogP contribution in [0.25, 0.3) is 0 Å². The maximum atomic E-state index is 11.6. The van der Waals surface area contributed by atoms with Gasteiger partial charge in [-0.05, 0) is 25.8 Å². The van der Waals surface area contributed by atoms with Crippen LogP contribution >= 0.6 is 0 Å². The molecule has 100 valence electrons. The minimum atomic E-state index is -0.125. The summed E-state index contributed by atoms with van der Waals surface area (Å²) in [4.78, 5) is 20.4. The van der Waals surface area contributed by atoms with Crippen LogP contribution in [0.3, 0.4) is 0 Å². The number of H-pyrrole nitrogens is 1. The molecular weight excluding hydrogens is 232 g/mol. The standard InChI is InChI=1S/C12H20N4O2/c13-4-1-9-18-10-2-7-16(8-3-10)11-12(17)15-6-5-14-11/h5-6,10H,1-4,7-9,13H2,(H,15,17). The van der Waals surface area contributed by atoms with Crippen LogP contribution in [0.5, 0.6) is 0 Å². The third-order valence-corrected chi connectivity index (χ3v) is 3.13. The van der Waals surface area contributed by atoms with Gasteiger partial charge in [0, 0.05) is 32.1 Å². The molecule has 2 rings (SSSR count). The number of nitrogens with one attached hydrogen (secondary N) is 1. The number of aromatic nitrogens is 2. The first-order chi connectivity index (χ1) is 8.81. The van der Waals surface area contributed by atoms with E-state index >= 15 is 0 Å². The highest BCUT2D eigenvalue weighted by Gasteiger charge is 2.21. The fourth-order valence-electron chi connectivity index (χ4n) is 2.14. The number of rotatable bonds is 5. The maximum Gasteiger partial charge on any atom is 0.290 e. The molecule has 0 bridgehead atoms. The van der Waals surface area contributed by atoms with Crippen molar-refractivity contribution in [3.05, 3.63) is 22.7 Å². The van der Waals surface area contributed by atoms with E-state index in [2.05, 4.69) is 9.97 Å². The summed E-state index contributed by atoms with van der Waals surface area (Å²) >= 11 is 0. The van der Waals surface area contributed by atoms with Crippen LogP contribution in [0.4, 0.5) is 5.82 Å². The van der Waals surface area contributed by atoms with Crippen LogP contribution in [0.1, 0.15) is 19.3 Å². The number of nitrogens with zero attached hydrogens (tertiary/aromatic N) is 2. The minimum Gasteiger partial charge on any atom is -0.378 e. The second-order valence-electron chi connectivity index (χ2n) is 4.44. The van der Waals surface area contributed by atoms with Gasteiger partial charge in [-0.25, -0.2) is 4.98 Å². The molecule has 0 saturated carbocycles. The second-order valence-corrected chi connectivity index (χ2v) is 4.44. The normalized spacial score (nSPS) is 17.1. The van der Waals surface area contributed by atoms with Crippen LogP contribution in [-0.4, -0.2) is 42.3 Å². The summed E-state index contributed by atoms with van der Waals surface area (Å²) < 4.78 is 5.72. The molecule has 6 nitrogen and oxygen atoms in total. The number of ether oxygens (including phenoxy) is 1. The van der Waals surface area contributed by atoms with Gasteiger partial charge < -0.3 is 20.4 Å². The monoisotopic (exact) mass is 252 g/mol. The zero-order valence-electron chi connectivity index (χ0n) is 10.5. The highest BCUT2D eigenvalue weighted by Crippen LogP contribution is 2.16. The zero-order chi connectivity index (χ0) is 12.8. The van der Waals surface area contributed by atoms with E-state index < -0.39 is 0 Å². The van der Waals surface area contributed by atoms with Gasteiger partial charge >= 0.3 is 0 Å². The van der Waals surface area contributed by atoms with E-state index in [4.69, 9.17) is 10.5 Å². The predicted octanol–water partition coefficient (Wildman–Crippen LogP) is 0.104. The number of hydrogen-bond donors (Lipinski definition) is 2. The fraction of sp³-hybridized carbons (Fsp3) is 0.667. The Labute approximate surface area is 106 Å². The van der Waals surface area contributed by atoms with E-state index in [1.807, 2.05) is 4.90 Å². The molecule has 0 aliphatic carbocycles. The largest absolute Gasteiger partial charge is 0.378 e. The predicted molar refractivity (Wildman–Crippen MR) is 69.7 cm³/mol. The summed E-state index contributed by atoms with van der Waals surface area (Å²) in [5, 5.41) is 0. The molecular formula is C12H20N4O2. The van der Waals surface area contributed by atoms with E-state index in [0.717, 1.165) is 39.0 Å². The molecule has 0 spiro atoms. The molecule has 6 heteroatoms. The van der Waals surface area contributed by atoms with E-state index in [1.54, 1.807) is 12.4 Å². The van der Waals surface area contributed by atoms with Crippen molar-refractivity contribution in [1.29, 1.82) is 0 Å². The van der Waals surface area contributed by atoms with E-state index in [0.29, 0.717) is 12.4 Å². The molecule has 3 N–H and O–H groups in total. The molecule has 0 radical (unpaired) electrons. The van der Waals surface area contributed by atoms with Crippen LogP contribution in [-0.2, 0) is 4.74 Å². The Morgan fingerprint density at radius 1 is 1.50 bits per heavy atom. The molecule has 2 heterocycles. The SMILES string of the molecule is NCCCOC1CCN(c2ncc[nH]c2=O)CC1. The lowest BCUT2D eigenvalue weighted by atomic mass is 10.1. The molecule has 18 heavy (non-hydrogen) atoms. The first-order valence-corrected chi connectivity index (χ1v) is 6.41. The summed E-state index contributed by atoms with van der Waals surface area (Å²) in [5.41, 5.74) is 5.30. The van der Waals surface area contributed by atoms with E-state index in [9.17, 15) is 4.79 Å². The van der Waals surface area contributed by atoms with Crippen molar-refractivity contribution in [3.63, 3.8) is 0 Å². The van der Waals surface area contributed by atoms with Gasteiger partial charge in [-0.3, -0.25) is 4.79 Å². The van der Waals surface area contributed by atoms with Gasteiger partial charge in [-0.15, -0.1) is 0 Å². The Bertz CT molecular complexity index is 413. The molecule has 0 unspecified atom stereocenters. The highest BCUT2D eigenvalue weighted by molar-refractivity contribution is 5.35. The van der Waals surface area contributed by atoms with Crippen molar-refractivity contribution in [3.8, 4) is 0 Å². The lowest BCUT2D eigenvalue weighted by Gasteiger charge is -2.32. The minimum absolute atomic E-state index is 0.125. The first kappa shape index (κ1) is 13.0. The van der Waals surface area contributed by atoms with Crippen LogP contribution in [0.15, 0.2) is 17.2 Å². The third kappa shape index (κ3) is 3.30. The zero-order valence-corrected chi connectivity index (χ0v) is 10.5. The van der Waals surface area contributed by atoms with Crippen molar-refractivity contribution in [2.24, 2.45) is 5.73 Å². The lowest BCUT2D eigenvalue weighted by molar-refractivity contribution is 0.0365. The number of hydrogen-bond acceptors (Lipinski definition) is 5. The smallest absolute Gasteiger partial charge is 0.290 e. The molecule has 0 aromatic carbocycles. The van der Waals surface area contributed by atoms with Gasteiger partial charge in [0.2, 0.25) is 0 Å². The summed E-state index contributed by atoms with van der Waals surface area (Å²) in [6.45, 7) is 3.02. The summed E-state index contributed by atoms with van der Waals surface area (Å²) in [6.07, 6.45) is 6.21. The number of piperidine rings is 1. The fourth-order valence-corrected chi connectivity index (χ4v) is 2.14. The summed E-state index contributed by atoms with van der Waals surface area (Å²) in [5.74, 6) is 0.512. The van der Waals surface area contributed by atoms with Gasteiger partial charge in [-0.2, -0.15) is 0 Å². The van der Waals surface area contributed by atoms with Crippen LogP contribution in [0, 0.1) is 0 Å². The number of anilines is 1. The van der Waals surface area contributed by atoms with Crippen LogP contribution in [0.2, 0.25) is 0 Å². The number of aromatic amines is 1. The van der Waals surface area contributed by atoms with Crippen molar-refractivity contribution < 1.29 is 4.74 Å². The van der Waals surface area contributed by atoms with E-state index in [-0.39, 0.29) is 11.7 Å². The Morgan fingerprint density at radius 2 is 2.28 bits per heavy atom. The van der Waals surface area contributed by atoms with Gasteiger partial charge in [0.05, 0.1) is 6.10 Å². The van der Waals surface area contributed by atoms with Crippen LogP contribution < -0.4 is 16.2 Å². The Hall–Kier alpha value is -1.40. The average Bonchev–Trinajstić information content (AvgIpc) is 2.41. The summed E-state index contributed by atoms with van der Waals surface area (Å²) in [7, 11) is 0. The highest BCUT2D eigenvalue weighted by atomic mass is 16.5. The van der Waals surface area contributed by atoms with Gasteiger partial charge in [0.25, 0.3) is 5.56 Å². The molecule has 0 amide bonds. The molecule has 1 aromatic rings. The topological polar surface area (TPSA) is 84.2 Å². The molecule has 1 aliphatic rings. The quantitative estimate of drug-likeness (QED) is 0.726. The molecule has 1 saturated heterocycles. The van der Waals surface area contributed by atoms with Crippen molar-refractivity contribution >= 4 is 5.82 Å². The Morgan fingerprint density at radius 3 is 2.94 bits per heavy atom. The maximum absolute atomic E-state index is 11.6. The lowest BCUT2D eigenvalue weighted by Crippen LogP contribution is -2.40. The molecule has 1 aromatic heterocycles. The Balaban J connectivity index is 1.83. The molecule has 1 aliphatic heterocycles. The first-order valence-electron chi connectivity index (χ1n) is 6.41. The number of nitrogens with two attached hydrogens (primary N) is 1. The van der Waals surface area contributed by atoms with Crippen molar-refractivity contribution in [2.45, 2.75) is 25.4 Å². The Kier molecular flexibility index (Phi) is 4.72. The van der Waals surface area contributed by atoms with Gasteiger partial charge in [-0.1, -0.05) is 0 Å². The van der Waals surface area contributed by atoms with Crippen molar-refractivity contribution in [2.75, 3.05) is 31.1 Å². The van der Waals surface area contributed by atoms with E-state index in [1.165, 1.54) is 0 Å². The summed E-state index contributed by atoms with van der Waals surface area (Å²) in [6, 6.07) is 0. The van der Waals surface area contributed by atoms with Gasteiger partial charge in [0.15, 0.2) is 5.82 Å². The third-order valence-electron chi connectivity index (χ3n) is 3.13. The molecule has 1 fully saturated rings. The average molecular weight is 252 g/mol. The van der Waals surface area contributed by atoms with Crippen molar-refractivity contribution in [1.82, 2.24) is 9.97 Å².